The molecule has 1 aliphatic carbocycles. The average molecular weight is 415 g/mol. The van der Waals surface area contributed by atoms with E-state index in [0.717, 1.165) is 54.0 Å². The summed E-state index contributed by atoms with van der Waals surface area (Å²) in [5, 5.41) is 9.58. The molecule has 1 atom stereocenters. The van der Waals surface area contributed by atoms with Gasteiger partial charge in [0.2, 0.25) is 5.91 Å². The van der Waals surface area contributed by atoms with Gasteiger partial charge in [0.1, 0.15) is 19.0 Å². The highest BCUT2D eigenvalue weighted by molar-refractivity contribution is 7.99. The van der Waals surface area contributed by atoms with E-state index in [2.05, 4.69) is 27.8 Å². The van der Waals surface area contributed by atoms with Crippen molar-refractivity contribution in [2.24, 2.45) is 0 Å². The van der Waals surface area contributed by atoms with Crippen molar-refractivity contribution in [3.8, 4) is 11.5 Å². The molecule has 3 heterocycles. The number of hydrogen-bond donors (Lipinski definition) is 0. The number of thioether (sulfide) groups is 1. The monoisotopic (exact) mass is 414 g/mol. The number of aromatic nitrogens is 3. The second-order valence-corrected chi connectivity index (χ2v) is 8.74. The zero-order chi connectivity index (χ0) is 19.8. The molecule has 5 rings (SSSR count). The molecule has 154 valence electrons. The highest BCUT2D eigenvalue weighted by Gasteiger charge is 2.32. The molecule has 3 aliphatic rings. The van der Waals surface area contributed by atoms with E-state index in [0.29, 0.717) is 24.9 Å². The second-order valence-electron chi connectivity index (χ2n) is 7.80. The minimum atomic E-state index is 0.102. The van der Waals surface area contributed by atoms with Crippen molar-refractivity contribution in [1.29, 1.82) is 0 Å². The number of benzene rings is 1. The van der Waals surface area contributed by atoms with Gasteiger partial charge >= 0.3 is 0 Å². The highest BCUT2D eigenvalue weighted by atomic mass is 32.2. The average Bonchev–Trinajstić information content (AvgIpc) is 3.33. The van der Waals surface area contributed by atoms with Crippen molar-refractivity contribution in [3.05, 3.63) is 29.6 Å². The van der Waals surface area contributed by atoms with Crippen LogP contribution in [0.4, 0.5) is 0 Å². The third-order valence-corrected chi connectivity index (χ3v) is 6.80. The summed E-state index contributed by atoms with van der Waals surface area (Å²) < 4.78 is 13.5. The van der Waals surface area contributed by atoms with Crippen LogP contribution in [0.25, 0.3) is 0 Å². The van der Waals surface area contributed by atoms with Crippen LogP contribution in [-0.4, -0.2) is 51.1 Å². The Morgan fingerprint density at radius 2 is 2.00 bits per heavy atom. The second kappa shape index (κ2) is 7.89. The van der Waals surface area contributed by atoms with Gasteiger partial charge in [-0.1, -0.05) is 17.8 Å². The molecule has 1 aromatic carbocycles. The quantitative estimate of drug-likeness (QED) is 0.675. The Morgan fingerprint density at radius 1 is 1.17 bits per heavy atom. The Morgan fingerprint density at radius 3 is 2.79 bits per heavy atom. The van der Waals surface area contributed by atoms with Crippen LogP contribution in [0.15, 0.2) is 23.4 Å². The maximum atomic E-state index is 13.0. The molecular formula is C21H26N4O3S. The number of ether oxygens (including phenoxy) is 2. The van der Waals surface area contributed by atoms with Gasteiger partial charge < -0.3 is 18.9 Å². The minimum Gasteiger partial charge on any atom is -0.486 e. The van der Waals surface area contributed by atoms with Crippen LogP contribution in [-0.2, 0) is 11.3 Å². The first-order valence-corrected chi connectivity index (χ1v) is 11.5. The summed E-state index contributed by atoms with van der Waals surface area (Å²) in [4.78, 5) is 15.0. The first-order valence-electron chi connectivity index (χ1n) is 10.5. The maximum absolute atomic E-state index is 13.0. The lowest BCUT2D eigenvalue weighted by Crippen LogP contribution is -2.32. The minimum absolute atomic E-state index is 0.102. The van der Waals surface area contributed by atoms with Crippen LogP contribution in [0, 0.1) is 0 Å². The lowest BCUT2D eigenvalue weighted by Gasteiger charge is -2.26. The Kier molecular flexibility index (Phi) is 5.11. The molecule has 0 unspecified atom stereocenters. The molecule has 2 aromatic rings. The summed E-state index contributed by atoms with van der Waals surface area (Å²) in [6, 6.07) is 6.16. The summed E-state index contributed by atoms with van der Waals surface area (Å²) in [6.45, 7) is 4.91. The fraction of sp³-hybridized carbons (Fsp3) is 0.571. The Labute approximate surface area is 174 Å². The number of likely N-dealkylation sites (tertiary alicyclic amines) is 1. The van der Waals surface area contributed by atoms with Crippen molar-refractivity contribution in [2.45, 2.75) is 56.3 Å². The Bertz CT molecular complexity index is 911. The van der Waals surface area contributed by atoms with E-state index in [1.165, 1.54) is 24.6 Å². The van der Waals surface area contributed by atoms with Crippen LogP contribution >= 0.6 is 11.8 Å². The summed E-state index contributed by atoms with van der Waals surface area (Å²) in [5.41, 5.74) is 1.12. The normalized spacial score (nSPS) is 20.9. The van der Waals surface area contributed by atoms with Gasteiger partial charge in [0.25, 0.3) is 0 Å². The zero-order valence-corrected chi connectivity index (χ0v) is 17.5. The zero-order valence-electron chi connectivity index (χ0n) is 16.7. The van der Waals surface area contributed by atoms with Crippen molar-refractivity contribution in [1.82, 2.24) is 19.7 Å². The topological polar surface area (TPSA) is 69.5 Å². The van der Waals surface area contributed by atoms with Gasteiger partial charge in [0, 0.05) is 19.0 Å². The number of rotatable bonds is 6. The smallest absolute Gasteiger partial charge is 0.233 e. The molecule has 29 heavy (non-hydrogen) atoms. The Hall–Kier alpha value is -2.22. The summed E-state index contributed by atoms with van der Waals surface area (Å²) in [6.07, 6.45) is 4.40. The van der Waals surface area contributed by atoms with Crippen LogP contribution in [0.3, 0.4) is 0 Å². The van der Waals surface area contributed by atoms with Gasteiger partial charge in [0.05, 0.1) is 11.8 Å². The van der Waals surface area contributed by atoms with Gasteiger partial charge in [-0.3, -0.25) is 4.79 Å². The largest absolute Gasteiger partial charge is 0.486 e. The van der Waals surface area contributed by atoms with E-state index in [9.17, 15) is 4.79 Å². The van der Waals surface area contributed by atoms with E-state index in [4.69, 9.17) is 9.47 Å². The third-order valence-electron chi connectivity index (χ3n) is 5.85. The molecule has 0 N–H and O–H groups in total. The molecule has 0 spiro atoms. The van der Waals surface area contributed by atoms with Gasteiger partial charge in [-0.2, -0.15) is 0 Å². The van der Waals surface area contributed by atoms with E-state index < -0.39 is 0 Å². The van der Waals surface area contributed by atoms with E-state index in [-0.39, 0.29) is 11.9 Å². The molecule has 1 amide bonds. The van der Waals surface area contributed by atoms with Crippen molar-refractivity contribution >= 4 is 17.7 Å². The predicted octanol–water partition coefficient (Wildman–Crippen LogP) is 3.40. The molecule has 1 aromatic heterocycles. The fourth-order valence-electron chi connectivity index (χ4n) is 4.24. The maximum Gasteiger partial charge on any atom is 0.233 e. The highest BCUT2D eigenvalue weighted by Crippen LogP contribution is 2.41. The van der Waals surface area contributed by atoms with Crippen LogP contribution in [0.1, 0.15) is 56.0 Å². The first-order chi connectivity index (χ1) is 14.2. The van der Waals surface area contributed by atoms with Crippen molar-refractivity contribution in [3.63, 3.8) is 0 Å². The lowest BCUT2D eigenvalue weighted by atomic mass is 10.0. The van der Waals surface area contributed by atoms with Crippen molar-refractivity contribution < 1.29 is 14.3 Å². The molecule has 2 fully saturated rings. The summed E-state index contributed by atoms with van der Waals surface area (Å²) in [7, 11) is 0. The van der Waals surface area contributed by atoms with E-state index in [1.807, 2.05) is 17.0 Å². The number of carbonyl (C=O) groups excluding carboxylic acids is 1. The van der Waals surface area contributed by atoms with Gasteiger partial charge in [-0.15, -0.1) is 10.2 Å². The molecule has 1 saturated heterocycles. The molecule has 0 bridgehead atoms. The SMILES string of the molecule is CCn1c(SCC(=O)N2CCC[C@H]2c2ccc3c(c2)OCCO3)nnc1C1CC1. The third kappa shape index (κ3) is 3.70. The first kappa shape index (κ1) is 18.8. The number of carbonyl (C=O) groups is 1. The summed E-state index contributed by atoms with van der Waals surface area (Å²) in [5.74, 6) is 3.77. The number of nitrogens with zero attached hydrogens (tertiary/aromatic N) is 4. The van der Waals surface area contributed by atoms with Crippen molar-refractivity contribution in [2.75, 3.05) is 25.5 Å². The molecule has 1 saturated carbocycles. The van der Waals surface area contributed by atoms with Crippen LogP contribution in [0.2, 0.25) is 0 Å². The number of amides is 1. The summed E-state index contributed by atoms with van der Waals surface area (Å²) >= 11 is 1.51. The van der Waals surface area contributed by atoms with Gasteiger partial charge in [-0.05, 0) is 50.3 Å². The number of fused-ring (bicyclic) bond motifs is 1. The van der Waals surface area contributed by atoms with Gasteiger partial charge in [0.15, 0.2) is 16.7 Å². The fourth-order valence-corrected chi connectivity index (χ4v) is 5.13. The van der Waals surface area contributed by atoms with Crippen LogP contribution < -0.4 is 9.47 Å². The molecule has 7 nitrogen and oxygen atoms in total. The van der Waals surface area contributed by atoms with Gasteiger partial charge in [-0.25, -0.2) is 0 Å². The van der Waals surface area contributed by atoms with E-state index in [1.54, 1.807) is 0 Å². The van der Waals surface area contributed by atoms with Crippen LogP contribution in [0.5, 0.6) is 11.5 Å². The molecular weight excluding hydrogens is 388 g/mol. The predicted molar refractivity (Wildman–Crippen MR) is 110 cm³/mol. The van der Waals surface area contributed by atoms with E-state index >= 15 is 0 Å². The molecule has 2 aliphatic heterocycles. The molecule has 8 heteroatoms. The standard InChI is InChI=1S/C21H26N4O3S/c1-2-24-20(14-5-6-14)22-23-21(24)29-13-19(26)25-9-3-4-16(25)15-7-8-17-18(12-15)28-11-10-27-17/h7-8,12,14,16H,2-6,9-11,13H2,1H3/t16-/m0/s1. The lowest BCUT2D eigenvalue weighted by molar-refractivity contribution is -0.129. The Balaban J connectivity index is 1.27. The molecule has 0 radical (unpaired) electrons. The number of hydrogen-bond acceptors (Lipinski definition) is 6.